The predicted molar refractivity (Wildman–Crippen MR) is 78.5 cm³/mol. The van der Waals surface area contributed by atoms with Crippen molar-refractivity contribution in [3.05, 3.63) is 59.0 Å². The van der Waals surface area contributed by atoms with Crippen molar-refractivity contribution in [2.24, 2.45) is 0 Å². The quantitative estimate of drug-likeness (QED) is 0.804. The van der Waals surface area contributed by atoms with Crippen molar-refractivity contribution in [1.82, 2.24) is 20.3 Å². The third-order valence-corrected chi connectivity index (χ3v) is 3.35. The summed E-state index contributed by atoms with van der Waals surface area (Å²) in [6, 6.07) is 10.8. The molecule has 0 atom stereocenters. The zero-order valence-electron chi connectivity index (χ0n) is 11.0. The molecule has 21 heavy (non-hydrogen) atoms. The first-order valence-electron chi connectivity index (χ1n) is 6.26. The number of carbonyl (C=O) groups is 1. The molecule has 0 saturated carbocycles. The van der Waals surface area contributed by atoms with Crippen LogP contribution in [0.4, 0.5) is 4.79 Å². The molecule has 0 spiro atoms. The van der Waals surface area contributed by atoms with E-state index in [4.69, 9.17) is 4.74 Å². The molecule has 3 aromatic rings. The van der Waals surface area contributed by atoms with Gasteiger partial charge < -0.3 is 10.1 Å². The lowest BCUT2D eigenvalue weighted by Gasteiger charge is -2.04. The Hall–Kier alpha value is -2.67. The number of hydrogen-bond donors (Lipinski definition) is 1. The van der Waals surface area contributed by atoms with Crippen LogP contribution in [-0.2, 0) is 6.54 Å². The normalized spacial score (nSPS) is 10.3. The molecule has 0 unspecified atom stereocenters. The maximum absolute atomic E-state index is 11.6. The maximum Gasteiger partial charge on any atom is 0.412 e. The Labute approximate surface area is 125 Å². The average molecular weight is 300 g/mol. The Bertz CT molecular complexity index is 710. The van der Waals surface area contributed by atoms with E-state index in [1.807, 2.05) is 22.9 Å². The van der Waals surface area contributed by atoms with Gasteiger partial charge in [0.25, 0.3) is 0 Å². The second-order valence-electron chi connectivity index (χ2n) is 4.19. The maximum atomic E-state index is 11.6. The molecule has 0 aliphatic rings. The van der Waals surface area contributed by atoms with Crippen LogP contribution in [0.3, 0.4) is 0 Å². The Morgan fingerprint density at radius 3 is 2.90 bits per heavy atom. The van der Waals surface area contributed by atoms with E-state index in [1.54, 1.807) is 46.5 Å². The van der Waals surface area contributed by atoms with Crippen molar-refractivity contribution in [2.45, 2.75) is 6.54 Å². The monoisotopic (exact) mass is 300 g/mol. The van der Waals surface area contributed by atoms with Gasteiger partial charge in [-0.15, -0.1) is 5.10 Å². The molecule has 0 saturated heterocycles. The van der Waals surface area contributed by atoms with Gasteiger partial charge in [0.05, 0.1) is 18.4 Å². The SMILES string of the molecule is O=C(NCc1cn(-c2ccsc2)nn1)Oc1ccccc1. The van der Waals surface area contributed by atoms with Crippen molar-refractivity contribution in [1.29, 1.82) is 0 Å². The summed E-state index contributed by atoms with van der Waals surface area (Å²) in [7, 11) is 0. The molecule has 7 heteroatoms. The first kappa shape index (κ1) is 13.3. The van der Waals surface area contributed by atoms with Gasteiger partial charge in [-0.3, -0.25) is 0 Å². The molecule has 1 N–H and O–H groups in total. The van der Waals surface area contributed by atoms with Gasteiger partial charge in [0.1, 0.15) is 11.4 Å². The fourth-order valence-electron chi connectivity index (χ4n) is 1.69. The van der Waals surface area contributed by atoms with Crippen LogP contribution < -0.4 is 10.1 Å². The zero-order valence-corrected chi connectivity index (χ0v) is 11.8. The lowest BCUT2D eigenvalue weighted by atomic mass is 10.3. The van der Waals surface area contributed by atoms with Crippen LogP contribution in [0.2, 0.25) is 0 Å². The number of nitrogens with one attached hydrogen (secondary N) is 1. The smallest absolute Gasteiger partial charge is 0.410 e. The largest absolute Gasteiger partial charge is 0.412 e. The second-order valence-corrected chi connectivity index (χ2v) is 4.97. The van der Waals surface area contributed by atoms with Crippen LogP contribution in [0.25, 0.3) is 5.69 Å². The minimum atomic E-state index is -0.522. The van der Waals surface area contributed by atoms with Crippen LogP contribution in [0.15, 0.2) is 53.4 Å². The highest BCUT2D eigenvalue weighted by molar-refractivity contribution is 7.08. The number of carbonyl (C=O) groups excluding carboxylic acids is 1. The van der Waals surface area contributed by atoms with Crippen LogP contribution in [0.5, 0.6) is 5.75 Å². The Balaban J connectivity index is 1.54. The van der Waals surface area contributed by atoms with Crippen LogP contribution in [0, 0.1) is 0 Å². The van der Waals surface area contributed by atoms with E-state index in [2.05, 4.69) is 15.6 Å². The van der Waals surface area contributed by atoms with E-state index < -0.39 is 6.09 Å². The highest BCUT2D eigenvalue weighted by Crippen LogP contribution is 2.11. The summed E-state index contributed by atoms with van der Waals surface area (Å²) in [5.74, 6) is 0.497. The van der Waals surface area contributed by atoms with Gasteiger partial charge in [0.2, 0.25) is 0 Å². The molecule has 1 amide bonds. The van der Waals surface area contributed by atoms with Gasteiger partial charge in [-0.2, -0.15) is 11.3 Å². The zero-order chi connectivity index (χ0) is 14.5. The number of hydrogen-bond acceptors (Lipinski definition) is 5. The molecule has 0 aliphatic heterocycles. The molecule has 2 heterocycles. The molecule has 0 bridgehead atoms. The van der Waals surface area contributed by atoms with Gasteiger partial charge in [-0.1, -0.05) is 23.4 Å². The van der Waals surface area contributed by atoms with Crippen molar-refractivity contribution in [3.8, 4) is 11.4 Å². The minimum Gasteiger partial charge on any atom is -0.410 e. The molecule has 1 aromatic carbocycles. The number of ether oxygens (including phenoxy) is 1. The van der Waals surface area contributed by atoms with Gasteiger partial charge in [-0.25, -0.2) is 9.48 Å². The fourth-order valence-corrected chi connectivity index (χ4v) is 2.31. The molecular formula is C14H12N4O2S. The predicted octanol–water partition coefficient (Wildman–Crippen LogP) is 2.62. The number of amides is 1. The molecule has 3 rings (SSSR count). The van der Waals surface area contributed by atoms with Crippen LogP contribution in [-0.4, -0.2) is 21.1 Å². The van der Waals surface area contributed by atoms with E-state index in [0.717, 1.165) is 5.69 Å². The minimum absolute atomic E-state index is 0.260. The number of benzene rings is 1. The molecule has 106 valence electrons. The van der Waals surface area contributed by atoms with Crippen LogP contribution in [0.1, 0.15) is 5.69 Å². The number of thiophene rings is 1. The van der Waals surface area contributed by atoms with Crippen LogP contribution >= 0.6 is 11.3 Å². The summed E-state index contributed by atoms with van der Waals surface area (Å²) in [6.45, 7) is 0.260. The highest BCUT2D eigenvalue weighted by Gasteiger charge is 2.07. The summed E-state index contributed by atoms with van der Waals surface area (Å²) in [5, 5.41) is 14.6. The summed E-state index contributed by atoms with van der Waals surface area (Å²) < 4.78 is 6.77. The van der Waals surface area contributed by atoms with E-state index in [-0.39, 0.29) is 6.54 Å². The lowest BCUT2D eigenvalue weighted by molar-refractivity contribution is 0.200. The van der Waals surface area contributed by atoms with Gasteiger partial charge in [0.15, 0.2) is 0 Å². The third-order valence-electron chi connectivity index (χ3n) is 2.68. The van der Waals surface area contributed by atoms with Crippen molar-refractivity contribution < 1.29 is 9.53 Å². The third kappa shape index (κ3) is 3.46. The number of para-hydroxylation sites is 1. The number of rotatable bonds is 4. The topological polar surface area (TPSA) is 69.0 Å². The fraction of sp³-hybridized carbons (Fsp3) is 0.0714. The number of aromatic nitrogens is 3. The Morgan fingerprint density at radius 2 is 2.14 bits per heavy atom. The second kappa shape index (κ2) is 6.19. The first-order chi connectivity index (χ1) is 10.3. The molecule has 6 nitrogen and oxygen atoms in total. The van der Waals surface area contributed by atoms with Crippen molar-refractivity contribution in [2.75, 3.05) is 0 Å². The van der Waals surface area contributed by atoms with E-state index in [1.165, 1.54) is 0 Å². The summed E-state index contributed by atoms with van der Waals surface area (Å²) in [5.41, 5.74) is 1.61. The molecule has 0 fully saturated rings. The van der Waals surface area contributed by atoms with Gasteiger partial charge in [-0.05, 0) is 23.6 Å². The summed E-state index contributed by atoms with van der Waals surface area (Å²) in [4.78, 5) is 11.6. The Morgan fingerprint density at radius 1 is 1.29 bits per heavy atom. The summed E-state index contributed by atoms with van der Waals surface area (Å²) in [6.07, 6.45) is 1.25. The van der Waals surface area contributed by atoms with Gasteiger partial charge in [0, 0.05) is 5.38 Å². The average Bonchev–Trinajstić information content (AvgIpc) is 3.17. The highest BCUT2D eigenvalue weighted by atomic mass is 32.1. The molecule has 0 radical (unpaired) electrons. The number of nitrogens with zero attached hydrogens (tertiary/aromatic N) is 3. The molecule has 0 aliphatic carbocycles. The van der Waals surface area contributed by atoms with Crippen molar-refractivity contribution in [3.63, 3.8) is 0 Å². The Kier molecular flexibility index (Phi) is 3.92. The first-order valence-corrected chi connectivity index (χ1v) is 7.20. The van der Waals surface area contributed by atoms with Gasteiger partial charge >= 0.3 is 6.09 Å². The lowest BCUT2D eigenvalue weighted by Crippen LogP contribution is -2.26. The van der Waals surface area contributed by atoms with E-state index in [0.29, 0.717) is 11.4 Å². The van der Waals surface area contributed by atoms with E-state index in [9.17, 15) is 4.79 Å². The standard InChI is InChI=1S/C14H12N4O2S/c19-14(20-13-4-2-1-3-5-13)15-8-11-9-18(17-16-11)12-6-7-21-10-12/h1-7,9-10H,8H2,(H,15,19). The van der Waals surface area contributed by atoms with Crippen molar-refractivity contribution >= 4 is 17.4 Å². The molecule has 2 aromatic heterocycles. The summed E-state index contributed by atoms with van der Waals surface area (Å²) >= 11 is 1.58. The van der Waals surface area contributed by atoms with E-state index >= 15 is 0 Å². The molecular weight excluding hydrogens is 288 g/mol.